The molecule has 10 nitrogen and oxygen atoms in total. The maximum absolute atomic E-state index is 13.1. The molecule has 0 aliphatic heterocycles. The summed E-state index contributed by atoms with van der Waals surface area (Å²) in [5.41, 5.74) is 0.857. The molecule has 0 bridgehead atoms. The molecule has 1 atom stereocenters. The number of esters is 1. The first-order valence-corrected chi connectivity index (χ1v) is 15.6. The minimum Gasteiger partial charge on any atom is -0.489 e. The number of nitrogens with zero attached hydrogens (tertiary/aromatic N) is 2. The van der Waals surface area contributed by atoms with Crippen LogP contribution in [0.2, 0.25) is 10.0 Å². The van der Waals surface area contributed by atoms with Crippen LogP contribution in [0.15, 0.2) is 59.8 Å². The molecule has 1 saturated carbocycles. The third-order valence-corrected chi connectivity index (χ3v) is 8.60. The number of carbonyl (C=O) groups excluding carboxylic acids is 2. The highest BCUT2D eigenvalue weighted by molar-refractivity contribution is 7.89. The van der Waals surface area contributed by atoms with Crippen molar-refractivity contribution in [1.82, 2.24) is 14.6 Å². The number of amides is 1. The summed E-state index contributed by atoms with van der Waals surface area (Å²) in [7, 11) is -1.16. The molecule has 3 aromatic rings. The van der Waals surface area contributed by atoms with Crippen LogP contribution in [0.1, 0.15) is 40.4 Å². The molecule has 1 aromatic heterocycles. The summed E-state index contributed by atoms with van der Waals surface area (Å²) in [5, 5.41) is 0.378. The van der Waals surface area contributed by atoms with Gasteiger partial charge in [-0.2, -0.15) is 13.5 Å². The van der Waals surface area contributed by atoms with E-state index in [-0.39, 0.29) is 38.4 Å². The van der Waals surface area contributed by atoms with Crippen molar-refractivity contribution in [3.8, 4) is 11.5 Å². The number of ether oxygens (including phenoxy) is 3. The van der Waals surface area contributed by atoms with E-state index in [1.165, 1.54) is 73.9 Å². The molecule has 15 heteroatoms. The van der Waals surface area contributed by atoms with Crippen molar-refractivity contribution >= 4 is 45.1 Å². The smallest absolute Gasteiger partial charge is 0.387 e. The fourth-order valence-corrected chi connectivity index (χ4v) is 5.59. The van der Waals surface area contributed by atoms with Crippen LogP contribution in [0.4, 0.5) is 8.78 Å². The molecule has 0 saturated heterocycles. The van der Waals surface area contributed by atoms with Gasteiger partial charge in [-0.3, -0.25) is 14.6 Å². The van der Waals surface area contributed by atoms with Gasteiger partial charge in [0.2, 0.25) is 10.0 Å². The maximum atomic E-state index is 13.1. The fourth-order valence-electron chi connectivity index (χ4n) is 4.06. The molecule has 1 aliphatic carbocycles. The van der Waals surface area contributed by atoms with Gasteiger partial charge in [-0.15, -0.1) is 0 Å². The number of sulfonamides is 1. The van der Waals surface area contributed by atoms with Crippen molar-refractivity contribution in [2.24, 2.45) is 5.92 Å². The first kappa shape index (κ1) is 33.4. The van der Waals surface area contributed by atoms with E-state index < -0.39 is 41.2 Å². The van der Waals surface area contributed by atoms with Crippen LogP contribution in [0.25, 0.3) is 0 Å². The number of nitrogens with one attached hydrogen (secondary N) is 1. The molecule has 0 spiro atoms. The molecular formula is C29H29Cl2F2N3O7S. The van der Waals surface area contributed by atoms with E-state index in [1.807, 2.05) is 0 Å². The van der Waals surface area contributed by atoms with Gasteiger partial charge in [0.05, 0.1) is 21.5 Å². The first-order valence-electron chi connectivity index (χ1n) is 13.3. The van der Waals surface area contributed by atoms with Crippen LogP contribution >= 0.6 is 23.2 Å². The Hall–Kier alpha value is -3.52. The van der Waals surface area contributed by atoms with Crippen LogP contribution in [0, 0.1) is 5.92 Å². The van der Waals surface area contributed by atoms with Crippen LogP contribution in [-0.4, -0.2) is 64.0 Å². The Kier molecular flexibility index (Phi) is 11.0. The second kappa shape index (κ2) is 14.5. The quantitative estimate of drug-likeness (QED) is 0.230. The second-order valence-electron chi connectivity index (χ2n) is 10.2. The summed E-state index contributed by atoms with van der Waals surface area (Å²) in [4.78, 5) is 30.3. The molecule has 1 fully saturated rings. The minimum atomic E-state index is -4.22. The van der Waals surface area contributed by atoms with Crippen LogP contribution in [-0.2, 0) is 26.0 Å². The van der Waals surface area contributed by atoms with Gasteiger partial charge < -0.3 is 19.1 Å². The Morgan fingerprint density at radius 2 is 1.77 bits per heavy atom. The lowest BCUT2D eigenvalue weighted by Crippen LogP contribution is -2.32. The average Bonchev–Trinajstić information content (AvgIpc) is 3.81. The summed E-state index contributed by atoms with van der Waals surface area (Å²) in [6, 6.07) is 9.45. The van der Waals surface area contributed by atoms with Gasteiger partial charge in [-0.05, 0) is 60.2 Å². The van der Waals surface area contributed by atoms with Gasteiger partial charge in [-0.1, -0.05) is 35.3 Å². The highest BCUT2D eigenvalue weighted by Crippen LogP contribution is 2.37. The Labute approximate surface area is 263 Å². The van der Waals surface area contributed by atoms with E-state index in [0.29, 0.717) is 23.7 Å². The molecule has 1 aliphatic rings. The first-order chi connectivity index (χ1) is 20.8. The number of rotatable bonds is 14. The zero-order chi connectivity index (χ0) is 32.0. The monoisotopic (exact) mass is 671 g/mol. The number of alkyl halides is 2. The predicted octanol–water partition coefficient (Wildman–Crippen LogP) is 5.29. The Balaban J connectivity index is 1.57. The second-order valence-corrected chi connectivity index (χ2v) is 12.7. The summed E-state index contributed by atoms with van der Waals surface area (Å²) >= 11 is 12.6. The van der Waals surface area contributed by atoms with E-state index in [1.54, 1.807) is 0 Å². The number of aromatic nitrogens is 1. The lowest BCUT2D eigenvalue weighted by molar-refractivity contribution is -0.148. The predicted molar refractivity (Wildman–Crippen MR) is 158 cm³/mol. The normalized spacial score (nSPS) is 13.8. The van der Waals surface area contributed by atoms with Crippen molar-refractivity contribution < 1.29 is 41.0 Å². The number of halogens is 4. The van der Waals surface area contributed by atoms with Crippen LogP contribution in [0.3, 0.4) is 0 Å². The Morgan fingerprint density at radius 1 is 1.07 bits per heavy atom. The molecule has 4 rings (SSSR count). The van der Waals surface area contributed by atoms with Crippen molar-refractivity contribution in [2.75, 3.05) is 27.2 Å². The van der Waals surface area contributed by atoms with Gasteiger partial charge in [0, 0.05) is 38.5 Å². The van der Waals surface area contributed by atoms with Gasteiger partial charge in [0.15, 0.2) is 11.5 Å². The molecule has 236 valence electrons. The Bertz CT molecular complexity index is 1600. The molecule has 2 aromatic carbocycles. The number of pyridine rings is 1. The van der Waals surface area contributed by atoms with Gasteiger partial charge in [0.1, 0.15) is 12.6 Å². The molecule has 0 unspecified atom stereocenters. The number of hydrogen-bond donors (Lipinski definition) is 1. The average molecular weight is 673 g/mol. The fraction of sp³-hybridized carbons (Fsp3) is 0.345. The summed E-state index contributed by atoms with van der Waals surface area (Å²) in [5.74, 6) is -1.24. The molecule has 1 N–H and O–H groups in total. The SMILES string of the molecule is CN(C)C(=O)c1cccc(S(=O)(=O)NCC(=O)O[C@@H](Cc2c(Cl)cncc2Cl)c2ccc(OC(F)F)c(OCC3CC3)c2)c1. The van der Waals surface area contributed by atoms with Crippen molar-refractivity contribution in [1.29, 1.82) is 0 Å². The molecule has 0 radical (unpaired) electrons. The highest BCUT2D eigenvalue weighted by atomic mass is 35.5. The van der Waals surface area contributed by atoms with E-state index in [0.717, 1.165) is 12.8 Å². The van der Waals surface area contributed by atoms with E-state index in [4.69, 9.17) is 32.7 Å². The lowest BCUT2D eigenvalue weighted by Gasteiger charge is -2.21. The Morgan fingerprint density at radius 3 is 2.41 bits per heavy atom. The summed E-state index contributed by atoms with van der Waals surface area (Å²) < 4.78 is 70.2. The molecular weight excluding hydrogens is 643 g/mol. The maximum Gasteiger partial charge on any atom is 0.387 e. The third-order valence-electron chi connectivity index (χ3n) is 6.55. The molecule has 1 amide bonds. The number of hydrogen-bond acceptors (Lipinski definition) is 8. The van der Waals surface area contributed by atoms with E-state index in [9.17, 15) is 26.8 Å². The van der Waals surface area contributed by atoms with Gasteiger partial charge in [-0.25, -0.2) is 8.42 Å². The largest absolute Gasteiger partial charge is 0.489 e. The summed E-state index contributed by atoms with van der Waals surface area (Å²) in [6.07, 6.45) is 3.45. The van der Waals surface area contributed by atoms with Crippen molar-refractivity contribution in [3.63, 3.8) is 0 Å². The van der Waals surface area contributed by atoms with Crippen molar-refractivity contribution in [3.05, 3.63) is 81.6 Å². The standard InChI is InChI=1S/C29H29Cl2F2N3O7S/c1-36(2)28(38)19-4-3-5-20(10-19)44(39,40)35-15-27(37)42-25(12-21-22(30)13-34-14-23(21)31)18-8-9-24(43-29(32)33)26(11-18)41-16-17-6-7-17/h3-5,8-11,13-14,17,25,29,35H,6-7,12,15-16H2,1-2H3/t25-/m0/s1. The topological polar surface area (TPSA) is 124 Å². The molecule has 1 heterocycles. The van der Waals surface area contributed by atoms with Crippen LogP contribution in [0.5, 0.6) is 11.5 Å². The van der Waals surface area contributed by atoms with E-state index in [2.05, 4.69) is 14.4 Å². The molecule has 44 heavy (non-hydrogen) atoms. The highest BCUT2D eigenvalue weighted by Gasteiger charge is 2.26. The number of carbonyl (C=O) groups is 2. The van der Waals surface area contributed by atoms with Crippen molar-refractivity contribution in [2.45, 2.75) is 36.9 Å². The minimum absolute atomic E-state index is 0.0236. The zero-order valence-corrected chi connectivity index (χ0v) is 26.0. The van der Waals surface area contributed by atoms with Gasteiger partial charge >= 0.3 is 12.6 Å². The van der Waals surface area contributed by atoms with E-state index >= 15 is 0 Å². The van der Waals surface area contributed by atoms with Gasteiger partial charge in [0.25, 0.3) is 5.91 Å². The summed E-state index contributed by atoms with van der Waals surface area (Å²) in [6.45, 7) is -3.57. The third kappa shape index (κ3) is 9.00. The zero-order valence-electron chi connectivity index (χ0n) is 23.6. The van der Waals surface area contributed by atoms with Crippen LogP contribution < -0.4 is 14.2 Å². The lowest BCUT2D eigenvalue weighted by atomic mass is 10.0. The number of benzene rings is 2.